The zero-order valence-corrected chi connectivity index (χ0v) is 12.7. The number of benzene rings is 1. The second kappa shape index (κ2) is 8.93. The first-order valence-corrected chi connectivity index (χ1v) is 7.21. The van der Waals surface area contributed by atoms with E-state index in [0.717, 1.165) is 30.2 Å². The number of aliphatic hydroxyl groups is 1. The summed E-state index contributed by atoms with van der Waals surface area (Å²) in [4.78, 5) is 12.0. The Labute approximate surface area is 122 Å². The first-order chi connectivity index (χ1) is 9.19. The van der Waals surface area contributed by atoms with E-state index in [-0.39, 0.29) is 12.5 Å². The number of ether oxygens (including phenoxy) is 1. The van der Waals surface area contributed by atoms with Crippen molar-refractivity contribution in [3.8, 4) is 5.75 Å². The molecule has 5 heteroatoms. The third-order valence-electron chi connectivity index (χ3n) is 2.79. The van der Waals surface area contributed by atoms with Crippen molar-refractivity contribution in [1.82, 2.24) is 5.32 Å². The molecule has 4 nitrogen and oxygen atoms in total. The van der Waals surface area contributed by atoms with Crippen LogP contribution in [-0.4, -0.2) is 31.3 Å². The van der Waals surface area contributed by atoms with Gasteiger partial charge in [0, 0.05) is 17.6 Å². The largest absolute Gasteiger partial charge is 0.497 e. The quantitative estimate of drug-likeness (QED) is 0.721. The molecule has 1 aromatic rings. The van der Waals surface area contributed by atoms with E-state index in [1.54, 1.807) is 25.3 Å². The van der Waals surface area contributed by atoms with E-state index in [9.17, 15) is 4.79 Å². The van der Waals surface area contributed by atoms with E-state index in [2.05, 4.69) is 21.2 Å². The number of carbonyl (C=O) groups excluding carboxylic acids is 1. The number of rotatable bonds is 8. The monoisotopic (exact) mass is 329 g/mol. The van der Waals surface area contributed by atoms with Crippen LogP contribution in [0.25, 0.3) is 0 Å². The standard InChI is InChI=1S/C14H20BrNO3/c1-19-11-6-7-13(15)12(10-11)14(18)16-8-4-2-3-5-9-17/h6-7,10,17H,2-5,8-9H2,1H3,(H,16,18). The molecule has 19 heavy (non-hydrogen) atoms. The summed E-state index contributed by atoms with van der Waals surface area (Å²) in [5, 5.41) is 11.5. The van der Waals surface area contributed by atoms with Crippen molar-refractivity contribution in [2.24, 2.45) is 0 Å². The molecule has 0 aliphatic heterocycles. The summed E-state index contributed by atoms with van der Waals surface area (Å²) in [6, 6.07) is 5.32. The summed E-state index contributed by atoms with van der Waals surface area (Å²) in [5.41, 5.74) is 0.578. The van der Waals surface area contributed by atoms with Crippen LogP contribution in [-0.2, 0) is 0 Å². The van der Waals surface area contributed by atoms with Crippen molar-refractivity contribution in [3.63, 3.8) is 0 Å². The molecule has 0 spiro atoms. The van der Waals surface area contributed by atoms with Crippen LogP contribution in [0.3, 0.4) is 0 Å². The molecule has 0 aliphatic carbocycles. The fourth-order valence-electron chi connectivity index (χ4n) is 1.69. The van der Waals surface area contributed by atoms with Gasteiger partial charge in [-0.2, -0.15) is 0 Å². The van der Waals surface area contributed by atoms with Crippen LogP contribution in [0.15, 0.2) is 22.7 Å². The molecule has 0 unspecified atom stereocenters. The van der Waals surface area contributed by atoms with E-state index >= 15 is 0 Å². The third-order valence-corrected chi connectivity index (χ3v) is 3.48. The van der Waals surface area contributed by atoms with Gasteiger partial charge >= 0.3 is 0 Å². The van der Waals surface area contributed by atoms with Crippen LogP contribution in [0, 0.1) is 0 Å². The normalized spacial score (nSPS) is 10.3. The minimum atomic E-state index is -0.104. The number of unbranched alkanes of at least 4 members (excludes halogenated alkanes) is 3. The van der Waals surface area contributed by atoms with Crippen LogP contribution < -0.4 is 10.1 Å². The molecule has 0 saturated heterocycles. The second-order valence-electron chi connectivity index (χ2n) is 4.24. The predicted octanol–water partition coefficient (Wildman–Crippen LogP) is 2.74. The van der Waals surface area contributed by atoms with Gasteiger partial charge in [-0.3, -0.25) is 4.79 Å². The van der Waals surface area contributed by atoms with Gasteiger partial charge in [-0.05, 0) is 47.0 Å². The average molecular weight is 330 g/mol. The first kappa shape index (κ1) is 16.0. The number of halogens is 1. The van der Waals surface area contributed by atoms with Gasteiger partial charge in [0.25, 0.3) is 5.91 Å². The molecule has 0 atom stereocenters. The maximum absolute atomic E-state index is 12.0. The van der Waals surface area contributed by atoms with Crippen LogP contribution in [0.5, 0.6) is 5.75 Å². The smallest absolute Gasteiger partial charge is 0.252 e. The second-order valence-corrected chi connectivity index (χ2v) is 5.09. The van der Waals surface area contributed by atoms with E-state index < -0.39 is 0 Å². The lowest BCUT2D eigenvalue weighted by Crippen LogP contribution is -2.24. The van der Waals surface area contributed by atoms with Gasteiger partial charge in [0.2, 0.25) is 0 Å². The first-order valence-electron chi connectivity index (χ1n) is 6.41. The summed E-state index contributed by atoms with van der Waals surface area (Å²) >= 11 is 3.36. The topological polar surface area (TPSA) is 58.6 Å². The van der Waals surface area contributed by atoms with E-state index in [1.165, 1.54) is 0 Å². The average Bonchev–Trinajstić information content (AvgIpc) is 2.43. The summed E-state index contributed by atoms with van der Waals surface area (Å²) in [6.07, 6.45) is 3.76. The Morgan fingerprint density at radius 3 is 2.74 bits per heavy atom. The molecular weight excluding hydrogens is 310 g/mol. The van der Waals surface area contributed by atoms with Gasteiger partial charge in [-0.25, -0.2) is 0 Å². The molecule has 1 amide bonds. The molecule has 1 aromatic carbocycles. The lowest BCUT2D eigenvalue weighted by atomic mass is 10.2. The highest BCUT2D eigenvalue weighted by molar-refractivity contribution is 9.10. The number of hydrogen-bond donors (Lipinski definition) is 2. The molecule has 0 fully saturated rings. The minimum absolute atomic E-state index is 0.104. The number of hydrogen-bond acceptors (Lipinski definition) is 3. The fourth-order valence-corrected chi connectivity index (χ4v) is 2.12. The highest BCUT2D eigenvalue weighted by atomic mass is 79.9. The molecule has 2 N–H and O–H groups in total. The summed E-state index contributed by atoms with van der Waals surface area (Å²) < 4.78 is 5.86. The van der Waals surface area contributed by atoms with Crippen LogP contribution in [0.1, 0.15) is 36.0 Å². The van der Waals surface area contributed by atoms with Crippen molar-refractivity contribution in [1.29, 1.82) is 0 Å². The molecule has 0 aliphatic rings. The lowest BCUT2D eigenvalue weighted by Gasteiger charge is -2.08. The number of carbonyl (C=O) groups is 1. The van der Waals surface area contributed by atoms with Crippen LogP contribution in [0.4, 0.5) is 0 Å². The Morgan fingerprint density at radius 1 is 1.32 bits per heavy atom. The lowest BCUT2D eigenvalue weighted by molar-refractivity contribution is 0.0951. The Hall–Kier alpha value is -1.07. The van der Waals surface area contributed by atoms with Crippen molar-refractivity contribution >= 4 is 21.8 Å². The third kappa shape index (κ3) is 5.61. The van der Waals surface area contributed by atoms with E-state index in [1.807, 2.05) is 0 Å². The number of amides is 1. The molecule has 0 saturated carbocycles. The molecule has 1 rings (SSSR count). The van der Waals surface area contributed by atoms with Crippen molar-refractivity contribution in [2.45, 2.75) is 25.7 Å². The molecule has 0 bridgehead atoms. The van der Waals surface area contributed by atoms with Crippen LogP contribution >= 0.6 is 15.9 Å². The van der Waals surface area contributed by atoms with Crippen molar-refractivity contribution in [2.75, 3.05) is 20.3 Å². The summed E-state index contributed by atoms with van der Waals surface area (Å²) in [7, 11) is 1.58. The Balaban J connectivity index is 2.40. The van der Waals surface area contributed by atoms with Crippen molar-refractivity contribution in [3.05, 3.63) is 28.2 Å². The molecule has 0 radical (unpaired) electrons. The number of methoxy groups -OCH3 is 1. The molecule has 0 aromatic heterocycles. The van der Waals surface area contributed by atoms with E-state index in [4.69, 9.17) is 9.84 Å². The zero-order chi connectivity index (χ0) is 14.1. The molecule has 0 heterocycles. The van der Waals surface area contributed by atoms with Crippen molar-refractivity contribution < 1.29 is 14.6 Å². The van der Waals surface area contributed by atoms with Gasteiger partial charge in [-0.15, -0.1) is 0 Å². The Morgan fingerprint density at radius 2 is 2.05 bits per heavy atom. The van der Waals surface area contributed by atoms with Gasteiger partial charge in [0.1, 0.15) is 5.75 Å². The highest BCUT2D eigenvalue weighted by Crippen LogP contribution is 2.22. The van der Waals surface area contributed by atoms with Gasteiger partial charge < -0.3 is 15.2 Å². The minimum Gasteiger partial charge on any atom is -0.497 e. The maximum atomic E-state index is 12.0. The molecule has 106 valence electrons. The number of nitrogens with one attached hydrogen (secondary N) is 1. The SMILES string of the molecule is COc1ccc(Br)c(C(=O)NCCCCCCO)c1. The predicted molar refractivity (Wildman–Crippen MR) is 78.6 cm³/mol. The highest BCUT2D eigenvalue weighted by Gasteiger charge is 2.10. The summed E-state index contributed by atoms with van der Waals surface area (Å²) in [5.74, 6) is 0.559. The fraction of sp³-hybridized carbons (Fsp3) is 0.500. The van der Waals surface area contributed by atoms with Gasteiger partial charge in [0.15, 0.2) is 0 Å². The van der Waals surface area contributed by atoms with Gasteiger partial charge in [0.05, 0.1) is 12.7 Å². The van der Waals surface area contributed by atoms with Crippen LogP contribution in [0.2, 0.25) is 0 Å². The Kier molecular flexibility index (Phi) is 7.52. The molecular formula is C14H20BrNO3. The number of aliphatic hydroxyl groups excluding tert-OH is 1. The zero-order valence-electron chi connectivity index (χ0n) is 11.1. The van der Waals surface area contributed by atoms with E-state index in [0.29, 0.717) is 17.9 Å². The maximum Gasteiger partial charge on any atom is 0.252 e. The Bertz CT molecular complexity index is 410. The van der Waals surface area contributed by atoms with Gasteiger partial charge in [-0.1, -0.05) is 12.8 Å². The summed E-state index contributed by atoms with van der Waals surface area (Å²) in [6.45, 7) is 0.886.